The molecule has 0 aliphatic carbocycles. The summed E-state index contributed by atoms with van der Waals surface area (Å²) in [5.74, 6) is 0.504. The maximum atomic E-state index is 4.31. The van der Waals surface area contributed by atoms with E-state index < -0.39 is 0 Å². The van der Waals surface area contributed by atoms with Crippen LogP contribution in [0.25, 0.3) is 11.1 Å². The number of benzene rings is 1. The smallest absolute Gasteiger partial charge is 0.0922 e. The standard InChI is InChI=1S/C18H21N5/c1-2-5-14(6-3-1)17-10-21-22-18(17)15-7-4-8-23(11-15)12-16-9-19-13-20-16/h1-3,5-6,9-10,13,15H,4,7-8,11-12H2,(H,19,20)(H,21,22). The van der Waals surface area contributed by atoms with Crippen molar-refractivity contribution in [2.75, 3.05) is 13.1 Å². The highest BCUT2D eigenvalue weighted by molar-refractivity contribution is 5.65. The summed E-state index contributed by atoms with van der Waals surface area (Å²) in [6.45, 7) is 3.14. The van der Waals surface area contributed by atoms with E-state index >= 15 is 0 Å². The molecule has 23 heavy (non-hydrogen) atoms. The molecule has 0 radical (unpaired) electrons. The molecule has 1 aliphatic heterocycles. The zero-order valence-corrected chi connectivity index (χ0v) is 13.1. The van der Waals surface area contributed by atoms with Crippen LogP contribution >= 0.6 is 0 Å². The second-order valence-corrected chi connectivity index (χ2v) is 6.21. The van der Waals surface area contributed by atoms with E-state index in [4.69, 9.17) is 0 Å². The van der Waals surface area contributed by atoms with Gasteiger partial charge < -0.3 is 4.98 Å². The van der Waals surface area contributed by atoms with E-state index in [1.807, 2.05) is 12.4 Å². The van der Waals surface area contributed by atoms with E-state index in [0.717, 1.165) is 19.6 Å². The predicted molar refractivity (Wildman–Crippen MR) is 89.9 cm³/mol. The Morgan fingerprint density at radius 2 is 2.09 bits per heavy atom. The van der Waals surface area contributed by atoms with Crippen LogP contribution in [0.2, 0.25) is 0 Å². The van der Waals surface area contributed by atoms with Crippen molar-refractivity contribution in [3.63, 3.8) is 0 Å². The highest BCUT2D eigenvalue weighted by Crippen LogP contribution is 2.33. The van der Waals surface area contributed by atoms with Gasteiger partial charge in [0.05, 0.1) is 12.5 Å². The van der Waals surface area contributed by atoms with Crippen LogP contribution in [0.15, 0.2) is 49.1 Å². The summed E-state index contributed by atoms with van der Waals surface area (Å²) in [5.41, 5.74) is 4.92. The Balaban J connectivity index is 1.53. The number of likely N-dealkylation sites (tertiary alicyclic amines) is 1. The monoisotopic (exact) mass is 307 g/mol. The quantitative estimate of drug-likeness (QED) is 0.778. The summed E-state index contributed by atoms with van der Waals surface area (Å²) >= 11 is 0. The molecule has 2 N–H and O–H groups in total. The van der Waals surface area contributed by atoms with Gasteiger partial charge in [-0.3, -0.25) is 10.00 Å². The predicted octanol–water partition coefficient (Wildman–Crippen LogP) is 3.18. The fourth-order valence-corrected chi connectivity index (χ4v) is 3.50. The molecular formula is C18H21N5. The number of rotatable bonds is 4. The fourth-order valence-electron chi connectivity index (χ4n) is 3.50. The van der Waals surface area contributed by atoms with Crippen LogP contribution in [-0.4, -0.2) is 38.2 Å². The number of nitrogens with zero attached hydrogens (tertiary/aromatic N) is 3. The molecule has 4 rings (SSSR count). The number of nitrogens with one attached hydrogen (secondary N) is 2. The molecule has 0 bridgehead atoms. The van der Waals surface area contributed by atoms with Crippen LogP contribution in [0.3, 0.4) is 0 Å². The normalized spacial score (nSPS) is 19.0. The molecule has 5 heteroatoms. The topological polar surface area (TPSA) is 60.6 Å². The Kier molecular flexibility index (Phi) is 3.94. The van der Waals surface area contributed by atoms with Gasteiger partial charge in [0.25, 0.3) is 0 Å². The number of imidazole rings is 1. The minimum absolute atomic E-state index is 0.504. The maximum absolute atomic E-state index is 4.31. The molecule has 0 saturated carbocycles. The average Bonchev–Trinajstić information content (AvgIpc) is 3.27. The van der Waals surface area contributed by atoms with Crippen molar-refractivity contribution in [2.24, 2.45) is 0 Å². The molecule has 0 spiro atoms. The highest BCUT2D eigenvalue weighted by atomic mass is 15.2. The molecule has 1 aliphatic rings. The zero-order chi connectivity index (χ0) is 15.5. The van der Waals surface area contributed by atoms with Gasteiger partial charge in [0, 0.05) is 42.2 Å². The Bertz CT molecular complexity index is 732. The molecule has 3 aromatic rings. The first-order valence-corrected chi connectivity index (χ1v) is 8.18. The van der Waals surface area contributed by atoms with Gasteiger partial charge >= 0.3 is 0 Å². The first-order chi connectivity index (χ1) is 11.4. The molecule has 1 saturated heterocycles. The number of H-pyrrole nitrogens is 2. The Hall–Kier alpha value is -2.40. The molecule has 1 aromatic carbocycles. The van der Waals surface area contributed by atoms with E-state index in [1.54, 1.807) is 6.33 Å². The summed E-state index contributed by atoms with van der Waals surface area (Å²) in [6, 6.07) is 10.5. The van der Waals surface area contributed by atoms with Gasteiger partial charge in [0.15, 0.2) is 0 Å². The second kappa shape index (κ2) is 6.38. The Morgan fingerprint density at radius 1 is 1.17 bits per heavy atom. The highest BCUT2D eigenvalue weighted by Gasteiger charge is 2.25. The molecule has 1 atom stereocenters. The van der Waals surface area contributed by atoms with Crippen LogP contribution in [0.5, 0.6) is 0 Å². The molecule has 1 fully saturated rings. The molecule has 5 nitrogen and oxygen atoms in total. The number of hydrogen-bond donors (Lipinski definition) is 2. The van der Waals surface area contributed by atoms with Crippen molar-refractivity contribution in [3.05, 3.63) is 60.4 Å². The van der Waals surface area contributed by atoms with Gasteiger partial charge in [0.1, 0.15) is 0 Å². The van der Waals surface area contributed by atoms with Crippen molar-refractivity contribution in [1.82, 2.24) is 25.1 Å². The van der Waals surface area contributed by atoms with Crippen LogP contribution in [0.4, 0.5) is 0 Å². The summed E-state index contributed by atoms with van der Waals surface area (Å²) in [7, 11) is 0. The SMILES string of the molecule is c1ccc(-c2cn[nH]c2C2CCCN(Cc3cnc[nH]3)C2)cc1. The van der Waals surface area contributed by atoms with Crippen LogP contribution < -0.4 is 0 Å². The molecule has 118 valence electrons. The third-order valence-electron chi connectivity index (χ3n) is 4.62. The number of aromatic nitrogens is 4. The zero-order valence-electron chi connectivity index (χ0n) is 13.1. The lowest BCUT2D eigenvalue weighted by Gasteiger charge is -2.32. The van der Waals surface area contributed by atoms with Crippen LogP contribution in [-0.2, 0) is 6.54 Å². The fraction of sp³-hybridized carbons (Fsp3) is 0.333. The molecular weight excluding hydrogens is 286 g/mol. The lowest BCUT2D eigenvalue weighted by atomic mass is 9.90. The molecule has 0 amide bonds. The lowest BCUT2D eigenvalue weighted by molar-refractivity contribution is 0.197. The summed E-state index contributed by atoms with van der Waals surface area (Å²) < 4.78 is 0. The Morgan fingerprint density at radius 3 is 2.91 bits per heavy atom. The van der Waals surface area contributed by atoms with Gasteiger partial charge in [-0.2, -0.15) is 5.10 Å². The molecule has 1 unspecified atom stereocenters. The third-order valence-corrected chi connectivity index (χ3v) is 4.62. The number of aromatic amines is 2. The van der Waals surface area contributed by atoms with Crippen molar-refractivity contribution < 1.29 is 0 Å². The van der Waals surface area contributed by atoms with E-state index in [1.165, 1.54) is 35.4 Å². The largest absolute Gasteiger partial charge is 0.347 e. The van der Waals surface area contributed by atoms with Crippen molar-refractivity contribution in [3.8, 4) is 11.1 Å². The van der Waals surface area contributed by atoms with E-state index in [-0.39, 0.29) is 0 Å². The molecule has 3 heterocycles. The summed E-state index contributed by atoms with van der Waals surface area (Å²) in [5, 5.41) is 7.57. The van der Waals surface area contributed by atoms with E-state index in [2.05, 4.69) is 55.4 Å². The maximum Gasteiger partial charge on any atom is 0.0922 e. The van der Waals surface area contributed by atoms with Crippen molar-refractivity contribution >= 4 is 0 Å². The lowest BCUT2D eigenvalue weighted by Crippen LogP contribution is -2.34. The van der Waals surface area contributed by atoms with Gasteiger partial charge in [-0.25, -0.2) is 4.98 Å². The van der Waals surface area contributed by atoms with Gasteiger partial charge in [-0.05, 0) is 24.9 Å². The third kappa shape index (κ3) is 3.05. The Labute approximate surface area is 135 Å². The van der Waals surface area contributed by atoms with Crippen LogP contribution in [0, 0.1) is 0 Å². The second-order valence-electron chi connectivity index (χ2n) is 6.21. The minimum Gasteiger partial charge on any atom is -0.347 e. The molecule has 2 aromatic heterocycles. The van der Waals surface area contributed by atoms with E-state index in [9.17, 15) is 0 Å². The van der Waals surface area contributed by atoms with Gasteiger partial charge in [-0.1, -0.05) is 30.3 Å². The number of hydrogen-bond acceptors (Lipinski definition) is 3. The van der Waals surface area contributed by atoms with Gasteiger partial charge in [0.2, 0.25) is 0 Å². The van der Waals surface area contributed by atoms with Crippen molar-refractivity contribution in [1.29, 1.82) is 0 Å². The summed E-state index contributed by atoms with van der Waals surface area (Å²) in [4.78, 5) is 9.81. The first kappa shape index (κ1) is 14.2. The first-order valence-electron chi connectivity index (χ1n) is 8.18. The summed E-state index contributed by atoms with van der Waals surface area (Å²) in [6.07, 6.45) is 8.04. The average molecular weight is 307 g/mol. The van der Waals surface area contributed by atoms with Crippen LogP contribution in [0.1, 0.15) is 30.1 Å². The minimum atomic E-state index is 0.504. The number of piperidine rings is 1. The van der Waals surface area contributed by atoms with Crippen molar-refractivity contribution in [2.45, 2.75) is 25.3 Å². The van der Waals surface area contributed by atoms with Gasteiger partial charge in [-0.15, -0.1) is 0 Å². The van der Waals surface area contributed by atoms with E-state index in [0.29, 0.717) is 5.92 Å².